The van der Waals surface area contributed by atoms with Crippen molar-refractivity contribution in [3.63, 3.8) is 0 Å². The maximum Gasteiger partial charge on any atom is 0.246 e. The first kappa shape index (κ1) is 19.2. The smallest absolute Gasteiger partial charge is 0.246 e. The Morgan fingerprint density at radius 2 is 1.96 bits per heavy atom. The van der Waals surface area contributed by atoms with Crippen LogP contribution in [0, 0.1) is 12.8 Å². The Bertz CT molecular complexity index is 849. The van der Waals surface area contributed by atoms with E-state index in [4.69, 9.17) is 11.6 Å². The molecule has 0 spiro atoms. The largest absolute Gasteiger partial charge is 0.338 e. The molecule has 0 radical (unpaired) electrons. The van der Waals surface area contributed by atoms with E-state index in [9.17, 15) is 9.59 Å². The van der Waals surface area contributed by atoms with Crippen LogP contribution in [-0.4, -0.2) is 29.8 Å². The zero-order chi connectivity index (χ0) is 19.2. The molecule has 27 heavy (non-hydrogen) atoms. The molecule has 1 N–H and O–H groups in total. The van der Waals surface area contributed by atoms with Crippen LogP contribution in [0.1, 0.15) is 24.0 Å². The van der Waals surface area contributed by atoms with Crippen molar-refractivity contribution in [2.75, 3.05) is 18.4 Å². The van der Waals surface area contributed by atoms with E-state index in [-0.39, 0.29) is 17.7 Å². The van der Waals surface area contributed by atoms with E-state index in [0.717, 1.165) is 29.7 Å². The lowest BCUT2D eigenvalue weighted by molar-refractivity contribution is -0.130. The molecule has 0 bridgehead atoms. The van der Waals surface area contributed by atoms with Gasteiger partial charge in [-0.3, -0.25) is 9.59 Å². The summed E-state index contributed by atoms with van der Waals surface area (Å²) in [5.41, 5.74) is 2.67. The van der Waals surface area contributed by atoms with Gasteiger partial charge in [-0.1, -0.05) is 41.9 Å². The average molecular weight is 383 g/mol. The van der Waals surface area contributed by atoms with Gasteiger partial charge in [-0.2, -0.15) is 0 Å². The highest BCUT2D eigenvalue weighted by atomic mass is 35.5. The van der Waals surface area contributed by atoms with E-state index < -0.39 is 0 Å². The minimum absolute atomic E-state index is 0.0343. The number of hydrogen-bond donors (Lipinski definition) is 1. The summed E-state index contributed by atoms with van der Waals surface area (Å²) in [5, 5.41) is 3.61. The van der Waals surface area contributed by atoms with Crippen LogP contribution in [0.4, 0.5) is 5.69 Å². The highest BCUT2D eigenvalue weighted by Gasteiger charge is 2.27. The number of piperidine rings is 1. The Labute approximate surface area is 164 Å². The van der Waals surface area contributed by atoms with Gasteiger partial charge < -0.3 is 10.2 Å². The molecule has 2 aromatic rings. The molecule has 1 heterocycles. The van der Waals surface area contributed by atoms with Gasteiger partial charge in [-0.25, -0.2) is 0 Å². The van der Waals surface area contributed by atoms with E-state index in [0.29, 0.717) is 18.1 Å². The van der Waals surface area contributed by atoms with Crippen LogP contribution in [0.5, 0.6) is 0 Å². The number of benzene rings is 2. The number of para-hydroxylation sites is 1. The van der Waals surface area contributed by atoms with Crippen molar-refractivity contribution in [2.24, 2.45) is 5.92 Å². The fraction of sp³-hybridized carbons (Fsp3) is 0.273. The summed E-state index contributed by atoms with van der Waals surface area (Å²) in [4.78, 5) is 26.8. The first-order chi connectivity index (χ1) is 13.0. The lowest BCUT2D eigenvalue weighted by Gasteiger charge is -2.31. The molecule has 1 aliphatic heterocycles. The molecule has 1 unspecified atom stereocenters. The fourth-order valence-corrected chi connectivity index (χ4v) is 3.33. The van der Waals surface area contributed by atoms with Gasteiger partial charge in [-0.05, 0) is 55.2 Å². The maximum absolute atomic E-state index is 12.5. The average Bonchev–Trinajstić information content (AvgIpc) is 2.69. The second-order valence-corrected chi connectivity index (χ2v) is 7.23. The summed E-state index contributed by atoms with van der Waals surface area (Å²) < 4.78 is 0. The number of nitrogens with one attached hydrogen (secondary N) is 1. The van der Waals surface area contributed by atoms with Gasteiger partial charge in [0.05, 0.1) is 5.92 Å². The number of rotatable bonds is 4. The van der Waals surface area contributed by atoms with Gasteiger partial charge in [0.1, 0.15) is 0 Å². The van der Waals surface area contributed by atoms with Gasteiger partial charge in [-0.15, -0.1) is 0 Å². The van der Waals surface area contributed by atoms with Crippen molar-refractivity contribution in [1.82, 2.24) is 4.90 Å². The van der Waals surface area contributed by atoms with Crippen LogP contribution in [0.15, 0.2) is 54.6 Å². The van der Waals surface area contributed by atoms with E-state index in [1.165, 1.54) is 0 Å². The highest BCUT2D eigenvalue weighted by Crippen LogP contribution is 2.20. The first-order valence-electron chi connectivity index (χ1n) is 9.12. The molecule has 1 aliphatic rings. The molecule has 4 nitrogen and oxygen atoms in total. The summed E-state index contributed by atoms with van der Waals surface area (Å²) in [5.74, 6) is -0.304. The maximum atomic E-state index is 12.5. The van der Waals surface area contributed by atoms with Crippen LogP contribution in [-0.2, 0) is 9.59 Å². The van der Waals surface area contributed by atoms with Gasteiger partial charge in [0.15, 0.2) is 0 Å². The predicted molar refractivity (Wildman–Crippen MR) is 110 cm³/mol. The van der Waals surface area contributed by atoms with E-state index in [1.54, 1.807) is 17.1 Å². The molecule has 0 aromatic heterocycles. The standard InChI is InChI=1S/C22H23ClN2O2/c1-16-9-10-17(14-20(16)23)11-12-21(26)25-13-5-6-18(15-25)22(27)24-19-7-3-2-4-8-19/h2-4,7-12,14,18H,5-6,13,15H2,1H3,(H,24,27). The third-order valence-electron chi connectivity index (χ3n) is 4.76. The van der Waals surface area contributed by atoms with Crippen molar-refractivity contribution in [1.29, 1.82) is 0 Å². The highest BCUT2D eigenvalue weighted by molar-refractivity contribution is 6.31. The second kappa shape index (κ2) is 8.87. The van der Waals surface area contributed by atoms with E-state index in [2.05, 4.69) is 5.32 Å². The second-order valence-electron chi connectivity index (χ2n) is 6.82. The monoisotopic (exact) mass is 382 g/mol. The first-order valence-corrected chi connectivity index (χ1v) is 9.50. The molecule has 1 atom stereocenters. The van der Waals surface area contributed by atoms with Crippen LogP contribution in [0.3, 0.4) is 0 Å². The summed E-state index contributed by atoms with van der Waals surface area (Å²) in [6, 6.07) is 15.1. The third-order valence-corrected chi connectivity index (χ3v) is 5.17. The SMILES string of the molecule is Cc1ccc(C=CC(=O)N2CCCC(C(=O)Nc3ccccc3)C2)cc1Cl. The fourth-order valence-electron chi connectivity index (χ4n) is 3.14. The Morgan fingerprint density at radius 1 is 1.19 bits per heavy atom. The van der Waals surface area contributed by atoms with Gasteiger partial charge >= 0.3 is 0 Å². The Kier molecular flexibility index (Phi) is 6.30. The summed E-state index contributed by atoms with van der Waals surface area (Å²) >= 11 is 6.12. The van der Waals surface area contributed by atoms with Crippen LogP contribution < -0.4 is 5.32 Å². The number of halogens is 1. The van der Waals surface area contributed by atoms with E-state index >= 15 is 0 Å². The van der Waals surface area contributed by atoms with Crippen LogP contribution >= 0.6 is 11.6 Å². The minimum Gasteiger partial charge on any atom is -0.338 e. The topological polar surface area (TPSA) is 49.4 Å². The molecule has 2 amide bonds. The molecule has 1 saturated heterocycles. The molecule has 2 aromatic carbocycles. The number of hydrogen-bond acceptors (Lipinski definition) is 2. The van der Waals surface area contributed by atoms with Crippen LogP contribution in [0.2, 0.25) is 5.02 Å². The third kappa shape index (κ3) is 5.20. The lowest BCUT2D eigenvalue weighted by Crippen LogP contribution is -2.43. The summed E-state index contributed by atoms with van der Waals surface area (Å²) in [6.07, 6.45) is 4.93. The van der Waals surface area contributed by atoms with Crippen molar-refractivity contribution in [3.8, 4) is 0 Å². The van der Waals surface area contributed by atoms with Gasteiger partial charge in [0.2, 0.25) is 11.8 Å². The number of carbonyl (C=O) groups excluding carboxylic acids is 2. The zero-order valence-electron chi connectivity index (χ0n) is 15.3. The number of nitrogens with zero attached hydrogens (tertiary/aromatic N) is 1. The number of amides is 2. The number of carbonyl (C=O) groups is 2. The Morgan fingerprint density at radius 3 is 2.70 bits per heavy atom. The molecule has 5 heteroatoms. The quantitative estimate of drug-likeness (QED) is 0.789. The molecule has 0 aliphatic carbocycles. The van der Waals surface area contributed by atoms with Crippen molar-refractivity contribution >= 4 is 35.2 Å². The zero-order valence-corrected chi connectivity index (χ0v) is 16.1. The normalized spacial score (nSPS) is 17.1. The summed E-state index contributed by atoms with van der Waals surface area (Å²) in [7, 11) is 0. The summed E-state index contributed by atoms with van der Waals surface area (Å²) in [6.45, 7) is 3.05. The molecule has 0 saturated carbocycles. The van der Waals surface area contributed by atoms with Crippen molar-refractivity contribution in [2.45, 2.75) is 19.8 Å². The molecular formula is C22H23ClN2O2. The van der Waals surface area contributed by atoms with Gasteiger partial charge in [0.25, 0.3) is 0 Å². The van der Waals surface area contributed by atoms with E-state index in [1.807, 2.05) is 55.5 Å². The Balaban J connectivity index is 1.59. The molecular weight excluding hydrogens is 360 g/mol. The van der Waals surface area contributed by atoms with Crippen molar-refractivity contribution in [3.05, 3.63) is 70.8 Å². The number of anilines is 1. The molecule has 140 valence electrons. The van der Waals surface area contributed by atoms with Gasteiger partial charge in [0, 0.05) is 29.9 Å². The minimum atomic E-state index is -0.190. The lowest BCUT2D eigenvalue weighted by atomic mass is 9.97. The number of aryl methyl sites for hydroxylation is 1. The van der Waals surface area contributed by atoms with Crippen molar-refractivity contribution < 1.29 is 9.59 Å². The number of likely N-dealkylation sites (tertiary alicyclic amines) is 1. The predicted octanol–water partition coefficient (Wildman–Crippen LogP) is 4.54. The van der Waals surface area contributed by atoms with Crippen LogP contribution in [0.25, 0.3) is 6.08 Å². The molecule has 3 rings (SSSR count). The molecule has 1 fully saturated rings. The Hall–Kier alpha value is -2.59.